The van der Waals surface area contributed by atoms with Crippen LogP contribution in [-0.2, 0) is 16.0 Å². The van der Waals surface area contributed by atoms with Crippen molar-refractivity contribution in [2.45, 2.75) is 18.9 Å². The first-order valence-corrected chi connectivity index (χ1v) is 6.60. The Hall–Kier alpha value is -2.54. The highest BCUT2D eigenvalue weighted by Crippen LogP contribution is 2.25. The molecule has 0 radical (unpaired) electrons. The van der Waals surface area contributed by atoms with Crippen molar-refractivity contribution < 1.29 is 29.0 Å². The minimum atomic E-state index is -2.00. The number of carbonyl (C=O) groups is 2. The van der Waals surface area contributed by atoms with Crippen LogP contribution in [-0.4, -0.2) is 41.3 Å². The molecule has 2 rings (SSSR count). The second-order valence-electron chi connectivity index (χ2n) is 5.16. The molecule has 1 atom stereocenters. The predicted molar refractivity (Wildman–Crippen MR) is 77.7 cm³/mol. The molecule has 1 heterocycles. The first-order valence-electron chi connectivity index (χ1n) is 6.60. The van der Waals surface area contributed by atoms with E-state index in [-0.39, 0.29) is 13.0 Å². The van der Waals surface area contributed by atoms with Gasteiger partial charge in [-0.1, -0.05) is 0 Å². The average Bonchev–Trinajstić information content (AvgIpc) is 2.87. The number of ether oxygens (including phenoxy) is 1. The monoisotopic (exact) mass is 307 g/mol. The third-order valence-corrected chi connectivity index (χ3v) is 3.30. The molecule has 1 amide bonds. The zero-order valence-electron chi connectivity index (χ0n) is 12.3. The Morgan fingerprint density at radius 1 is 1.41 bits per heavy atom. The first kappa shape index (κ1) is 15.8. The number of rotatable bonds is 6. The van der Waals surface area contributed by atoms with Gasteiger partial charge in [0.2, 0.25) is 5.91 Å². The molecule has 0 aliphatic heterocycles. The van der Waals surface area contributed by atoms with Crippen LogP contribution in [0.4, 0.5) is 0 Å². The van der Waals surface area contributed by atoms with Gasteiger partial charge in [-0.3, -0.25) is 4.79 Å². The lowest BCUT2D eigenvalue weighted by Gasteiger charge is -2.18. The lowest BCUT2D eigenvalue weighted by molar-refractivity contribution is -0.156. The van der Waals surface area contributed by atoms with Crippen LogP contribution in [0.2, 0.25) is 0 Å². The molecule has 1 aromatic carbocycles. The van der Waals surface area contributed by atoms with E-state index in [9.17, 15) is 14.7 Å². The van der Waals surface area contributed by atoms with E-state index in [2.05, 4.69) is 5.32 Å². The third kappa shape index (κ3) is 3.37. The van der Waals surface area contributed by atoms with Gasteiger partial charge in [-0.2, -0.15) is 0 Å². The number of amides is 1. The molecular weight excluding hydrogens is 290 g/mol. The van der Waals surface area contributed by atoms with Crippen molar-refractivity contribution in [1.82, 2.24) is 5.32 Å². The average molecular weight is 307 g/mol. The van der Waals surface area contributed by atoms with Gasteiger partial charge in [-0.15, -0.1) is 0 Å². The zero-order valence-corrected chi connectivity index (χ0v) is 12.3. The molecule has 0 aliphatic rings. The standard InChI is InChI=1S/C15H17NO6/c1-15(20,14(18)19)8-16-13(17)5-9-7-22-12-6-10(21-2)3-4-11(9)12/h3-4,6-7,20H,5,8H2,1-2H3,(H,16,17)(H,18,19). The summed E-state index contributed by atoms with van der Waals surface area (Å²) in [5.74, 6) is -1.15. The van der Waals surface area contributed by atoms with E-state index in [0.717, 1.165) is 12.3 Å². The van der Waals surface area contributed by atoms with Gasteiger partial charge in [0.15, 0.2) is 5.60 Å². The highest BCUT2D eigenvalue weighted by molar-refractivity contribution is 5.88. The Morgan fingerprint density at radius 2 is 2.14 bits per heavy atom. The number of methoxy groups -OCH3 is 1. The molecule has 1 unspecified atom stereocenters. The lowest BCUT2D eigenvalue weighted by Crippen LogP contribution is -2.46. The van der Waals surface area contributed by atoms with Crippen LogP contribution < -0.4 is 10.1 Å². The molecule has 118 valence electrons. The molecule has 0 aliphatic carbocycles. The van der Waals surface area contributed by atoms with E-state index in [0.29, 0.717) is 16.9 Å². The van der Waals surface area contributed by atoms with Crippen LogP contribution in [0.25, 0.3) is 11.0 Å². The van der Waals surface area contributed by atoms with Crippen molar-refractivity contribution in [3.8, 4) is 5.75 Å². The van der Waals surface area contributed by atoms with Gasteiger partial charge in [0.25, 0.3) is 0 Å². The van der Waals surface area contributed by atoms with Crippen LogP contribution >= 0.6 is 0 Å². The zero-order chi connectivity index (χ0) is 16.3. The summed E-state index contributed by atoms with van der Waals surface area (Å²) in [5, 5.41) is 21.5. The fourth-order valence-electron chi connectivity index (χ4n) is 1.91. The summed E-state index contributed by atoms with van der Waals surface area (Å²) in [6, 6.07) is 5.26. The number of carbonyl (C=O) groups excluding carboxylic acids is 1. The van der Waals surface area contributed by atoms with Gasteiger partial charge >= 0.3 is 5.97 Å². The number of carboxylic acid groups (broad SMARTS) is 1. The van der Waals surface area contributed by atoms with E-state index < -0.39 is 17.5 Å². The second kappa shape index (κ2) is 6.07. The highest BCUT2D eigenvalue weighted by Gasteiger charge is 2.30. The first-order chi connectivity index (χ1) is 10.3. The van der Waals surface area contributed by atoms with Crippen molar-refractivity contribution in [2.24, 2.45) is 0 Å². The smallest absolute Gasteiger partial charge is 0.337 e. The summed E-state index contributed by atoms with van der Waals surface area (Å²) in [6.45, 7) is 0.750. The Morgan fingerprint density at radius 3 is 2.77 bits per heavy atom. The largest absolute Gasteiger partial charge is 0.497 e. The normalized spacial score (nSPS) is 13.6. The van der Waals surface area contributed by atoms with Crippen LogP contribution in [0.5, 0.6) is 5.75 Å². The summed E-state index contributed by atoms with van der Waals surface area (Å²) in [4.78, 5) is 22.6. The van der Waals surface area contributed by atoms with Crippen LogP contribution in [0.1, 0.15) is 12.5 Å². The van der Waals surface area contributed by atoms with E-state index >= 15 is 0 Å². The molecule has 22 heavy (non-hydrogen) atoms. The maximum absolute atomic E-state index is 11.9. The summed E-state index contributed by atoms with van der Waals surface area (Å²) < 4.78 is 10.5. The van der Waals surface area contributed by atoms with Crippen LogP contribution in [0.3, 0.4) is 0 Å². The number of benzene rings is 1. The Bertz CT molecular complexity index is 703. The lowest BCUT2D eigenvalue weighted by atomic mass is 10.1. The number of hydrogen-bond acceptors (Lipinski definition) is 5. The molecule has 2 aromatic rings. The van der Waals surface area contributed by atoms with E-state index in [1.165, 1.54) is 6.26 Å². The van der Waals surface area contributed by atoms with E-state index in [1.54, 1.807) is 25.3 Å². The molecule has 0 saturated heterocycles. The molecule has 1 aromatic heterocycles. The fourth-order valence-corrected chi connectivity index (χ4v) is 1.91. The number of aliphatic hydroxyl groups is 1. The molecule has 0 saturated carbocycles. The quantitative estimate of drug-likeness (QED) is 0.732. The van der Waals surface area contributed by atoms with Gasteiger partial charge < -0.3 is 24.7 Å². The number of nitrogens with one attached hydrogen (secondary N) is 1. The second-order valence-corrected chi connectivity index (χ2v) is 5.16. The molecule has 7 heteroatoms. The van der Waals surface area contributed by atoms with Gasteiger partial charge in [-0.25, -0.2) is 4.79 Å². The maximum atomic E-state index is 11.9. The van der Waals surface area contributed by atoms with Crippen molar-refractivity contribution in [3.63, 3.8) is 0 Å². The third-order valence-electron chi connectivity index (χ3n) is 3.30. The van der Waals surface area contributed by atoms with Gasteiger partial charge in [-0.05, 0) is 19.1 Å². The Balaban J connectivity index is 2.05. The van der Waals surface area contributed by atoms with E-state index in [4.69, 9.17) is 14.3 Å². The number of carboxylic acids is 1. The molecular formula is C15H17NO6. The molecule has 0 spiro atoms. The summed E-state index contributed by atoms with van der Waals surface area (Å²) in [5.41, 5.74) is -0.730. The molecule has 0 fully saturated rings. The Kier molecular flexibility index (Phi) is 4.37. The summed E-state index contributed by atoms with van der Waals surface area (Å²) >= 11 is 0. The minimum Gasteiger partial charge on any atom is -0.497 e. The predicted octanol–water partition coefficient (Wildman–Crippen LogP) is 0.936. The number of fused-ring (bicyclic) bond motifs is 1. The number of furan rings is 1. The van der Waals surface area contributed by atoms with Gasteiger partial charge in [0.05, 0.1) is 26.3 Å². The van der Waals surface area contributed by atoms with Crippen molar-refractivity contribution in [2.75, 3.05) is 13.7 Å². The van der Waals surface area contributed by atoms with E-state index in [1.807, 2.05) is 0 Å². The molecule has 3 N–H and O–H groups in total. The van der Waals surface area contributed by atoms with Gasteiger partial charge in [0, 0.05) is 17.0 Å². The maximum Gasteiger partial charge on any atom is 0.337 e. The summed E-state index contributed by atoms with van der Waals surface area (Å²) in [6.07, 6.45) is 1.49. The number of aliphatic carboxylic acids is 1. The Labute approximate surface area is 126 Å². The van der Waals surface area contributed by atoms with Crippen molar-refractivity contribution in [3.05, 3.63) is 30.0 Å². The van der Waals surface area contributed by atoms with Crippen molar-refractivity contribution in [1.29, 1.82) is 0 Å². The van der Waals surface area contributed by atoms with Crippen LogP contribution in [0.15, 0.2) is 28.9 Å². The number of hydrogen-bond donors (Lipinski definition) is 3. The van der Waals surface area contributed by atoms with Crippen LogP contribution in [0, 0.1) is 0 Å². The minimum absolute atomic E-state index is 0.0228. The fraction of sp³-hybridized carbons (Fsp3) is 0.333. The summed E-state index contributed by atoms with van der Waals surface area (Å²) in [7, 11) is 1.55. The highest BCUT2D eigenvalue weighted by atomic mass is 16.5. The topological polar surface area (TPSA) is 109 Å². The van der Waals surface area contributed by atoms with Crippen molar-refractivity contribution >= 4 is 22.8 Å². The van der Waals surface area contributed by atoms with Gasteiger partial charge in [0.1, 0.15) is 11.3 Å². The molecule has 0 bridgehead atoms. The molecule has 7 nitrogen and oxygen atoms in total. The SMILES string of the molecule is COc1ccc2c(CC(=O)NCC(C)(O)C(=O)O)coc2c1.